The quantitative estimate of drug-likeness (QED) is 0.860. The van der Waals surface area contributed by atoms with Crippen LogP contribution in [0.5, 0.6) is 0 Å². The largest absolute Gasteiger partial charge is 0.481 e. The van der Waals surface area contributed by atoms with Crippen molar-refractivity contribution in [3.63, 3.8) is 0 Å². The Morgan fingerprint density at radius 1 is 1.50 bits per heavy atom. The van der Waals surface area contributed by atoms with Crippen LogP contribution in [0.25, 0.3) is 0 Å². The van der Waals surface area contributed by atoms with Crippen LogP contribution in [0.2, 0.25) is 0 Å². The predicted octanol–water partition coefficient (Wildman–Crippen LogP) is 2.31. The van der Waals surface area contributed by atoms with Gasteiger partial charge in [-0.2, -0.15) is 0 Å². The fourth-order valence-electron chi connectivity index (χ4n) is 0.944. The summed E-state index contributed by atoms with van der Waals surface area (Å²) in [5.74, 6) is -0.742. The summed E-state index contributed by atoms with van der Waals surface area (Å²) in [5, 5.41) is 8.44. The van der Waals surface area contributed by atoms with Crippen LogP contribution in [-0.2, 0) is 11.2 Å². The minimum absolute atomic E-state index is 0.208. The molecule has 2 nitrogen and oxygen atoms in total. The Kier molecular flexibility index (Phi) is 3.52. The highest BCUT2D eigenvalue weighted by molar-refractivity contribution is 14.1. The standard InChI is InChI=1S/C9H9IO2/c10-8-3-1-2-7(6-8)4-5-9(11)12/h1-3,6H,4-5H2,(H,11,12). The molecule has 1 rings (SSSR count). The number of carboxylic acid groups (broad SMARTS) is 1. The molecule has 0 aliphatic rings. The van der Waals surface area contributed by atoms with Crippen LogP contribution in [0.4, 0.5) is 0 Å². The number of carboxylic acids is 1. The second-order valence-corrected chi connectivity index (χ2v) is 3.77. The van der Waals surface area contributed by atoms with Gasteiger partial charge in [-0.3, -0.25) is 4.79 Å². The second-order valence-electron chi connectivity index (χ2n) is 2.52. The Balaban J connectivity index is 2.57. The third-order valence-corrected chi connectivity index (χ3v) is 2.19. The first-order valence-electron chi connectivity index (χ1n) is 3.65. The second kappa shape index (κ2) is 4.45. The molecule has 1 N–H and O–H groups in total. The lowest BCUT2D eigenvalue weighted by atomic mass is 10.1. The minimum atomic E-state index is -0.742. The molecule has 1 aromatic carbocycles. The molecule has 0 radical (unpaired) electrons. The molecule has 0 unspecified atom stereocenters. The van der Waals surface area contributed by atoms with Gasteiger partial charge in [-0.15, -0.1) is 0 Å². The zero-order chi connectivity index (χ0) is 8.97. The predicted molar refractivity (Wildman–Crippen MR) is 55.1 cm³/mol. The molecule has 0 aliphatic heterocycles. The first-order chi connectivity index (χ1) is 5.68. The monoisotopic (exact) mass is 276 g/mol. The zero-order valence-corrected chi connectivity index (χ0v) is 8.61. The van der Waals surface area contributed by atoms with E-state index in [1.54, 1.807) is 0 Å². The van der Waals surface area contributed by atoms with E-state index in [-0.39, 0.29) is 6.42 Å². The van der Waals surface area contributed by atoms with Crippen LogP contribution in [0, 0.1) is 3.57 Å². The van der Waals surface area contributed by atoms with Crippen LogP contribution < -0.4 is 0 Å². The van der Waals surface area contributed by atoms with E-state index < -0.39 is 5.97 Å². The minimum Gasteiger partial charge on any atom is -0.481 e. The molecule has 0 atom stereocenters. The highest BCUT2D eigenvalue weighted by Crippen LogP contribution is 2.09. The number of benzene rings is 1. The molecule has 0 aromatic heterocycles. The molecule has 3 heteroatoms. The third-order valence-electron chi connectivity index (χ3n) is 1.52. The van der Waals surface area contributed by atoms with Gasteiger partial charge in [0.25, 0.3) is 0 Å². The smallest absolute Gasteiger partial charge is 0.303 e. The van der Waals surface area contributed by atoms with Crippen LogP contribution in [0.3, 0.4) is 0 Å². The zero-order valence-electron chi connectivity index (χ0n) is 6.46. The van der Waals surface area contributed by atoms with Gasteiger partial charge in [0.1, 0.15) is 0 Å². The van der Waals surface area contributed by atoms with Gasteiger partial charge in [0.05, 0.1) is 0 Å². The van der Waals surface area contributed by atoms with Crippen LogP contribution in [0.1, 0.15) is 12.0 Å². The van der Waals surface area contributed by atoms with Crippen molar-refractivity contribution in [1.82, 2.24) is 0 Å². The Morgan fingerprint density at radius 2 is 2.25 bits per heavy atom. The Bertz CT molecular complexity index is 284. The lowest BCUT2D eigenvalue weighted by molar-refractivity contribution is -0.136. The Morgan fingerprint density at radius 3 is 2.83 bits per heavy atom. The first-order valence-corrected chi connectivity index (χ1v) is 4.72. The number of halogens is 1. The molecule has 0 saturated heterocycles. The maximum Gasteiger partial charge on any atom is 0.303 e. The average Bonchev–Trinajstić information content (AvgIpc) is 2.01. The topological polar surface area (TPSA) is 37.3 Å². The van der Waals surface area contributed by atoms with Crippen LogP contribution >= 0.6 is 22.6 Å². The van der Waals surface area contributed by atoms with Crippen molar-refractivity contribution in [2.75, 3.05) is 0 Å². The van der Waals surface area contributed by atoms with Gasteiger partial charge >= 0.3 is 5.97 Å². The molecule has 0 aliphatic carbocycles. The molecule has 12 heavy (non-hydrogen) atoms. The van der Waals surface area contributed by atoms with Gasteiger partial charge < -0.3 is 5.11 Å². The molecule has 0 amide bonds. The molecule has 0 heterocycles. The summed E-state index contributed by atoms with van der Waals surface area (Å²) in [7, 11) is 0. The van der Waals surface area contributed by atoms with Crippen molar-refractivity contribution in [3.8, 4) is 0 Å². The number of hydrogen-bond acceptors (Lipinski definition) is 1. The van der Waals surface area contributed by atoms with Gasteiger partial charge in [0.15, 0.2) is 0 Å². The Labute approximate surface area is 84.7 Å². The van der Waals surface area contributed by atoms with Crippen molar-refractivity contribution in [1.29, 1.82) is 0 Å². The molecule has 0 bridgehead atoms. The fraction of sp³-hybridized carbons (Fsp3) is 0.222. The van der Waals surface area contributed by atoms with Gasteiger partial charge in [0, 0.05) is 9.99 Å². The van der Waals surface area contributed by atoms with E-state index in [0.717, 1.165) is 9.13 Å². The normalized spacial score (nSPS) is 9.75. The van der Waals surface area contributed by atoms with E-state index >= 15 is 0 Å². The Hall–Kier alpha value is -0.580. The fourth-order valence-corrected chi connectivity index (χ4v) is 1.55. The van der Waals surface area contributed by atoms with E-state index in [1.807, 2.05) is 24.3 Å². The van der Waals surface area contributed by atoms with Crippen molar-refractivity contribution in [2.45, 2.75) is 12.8 Å². The average molecular weight is 276 g/mol. The van der Waals surface area contributed by atoms with Gasteiger partial charge in [-0.25, -0.2) is 0 Å². The molecule has 0 saturated carbocycles. The summed E-state index contributed by atoms with van der Waals surface area (Å²) in [4.78, 5) is 10.3. The van der Waals surface area contributed by atoms with E-state index in [1.165, 1.54) is 0 Å². The third kappa shape index (κ3) is 3.21. The number of carbonyl (C=O) groups is 1. The summed E-state index contributed by atoms with van der Waals surface area (Å²) in [6.07, 6.45) is 0.826. The van der Waals surface area contributed by atoms with E-state index in [9.17, 15) is 4.79 Å². The van der Waals surface area contributed by atoms with Crippen LogP contribution in [-0.4, -0.2) is 11.1 Å². The summed E-state index contributed by atoms with van der Waals surface area (Å²) >= 11 is 2.22. The SMILES string of the molecule is O=C(O)CCc1cccc(I)c1. The highest BCUT2D eigenvalue weighted by atomic mass is 127. The lowest BCUT2D eigenvalue weighted by Crippen LogP contribution is -1.97. The van der Waals surface area contributed by atoms with Crippen molar-refractivity contribution >= 4 is 28.6 Å². The maximum atomic E-state index is 10.3. The highest BCUT2D eigenvalue weighted by Gasteiger charge is 1.98. The van der Waals surface area contributed by atoms with E-state index in [0.29, 0.717) is 6.42 Å². The number of rotatable bonds is 3. The van der Waals surface area contributed by atoms with E-state index in [4.69, 9.17) is 5.11 Å². The van der Waals surface area contributed by atoms with Gasteiger partial charge in [-0.1, -0.05) is 12.1 Å². The lowest BCUT2D eigenvalue weighted by Gasteiger charge is -1.98. The number of aryl methyl sites for hydroxylation is 1. The number of hydrogen-bond donors (Lipinski definition) is 1. The molecule has 0 fully saturated rings. The van der Waals surface area contributed by atoms with Crippen molar-refractivity contribution < 1.29 is 9.90 Å². The summed E-state index contributed by atoms with van der Waals surface area (Å²) in [6.45, 7) is 0. The van der Waals surface area contributed by atoms with E-state index in [2.05, 4.69) is 22.6 Å². The summed E-state index contributed by atoms with van der Waals surface area (Å²) in [6, 6.07) is 7.89. The summed E-state index contributed by atoms with van der Waals surface area (Å²) in [5.41, 5.74) is 1.09. The summed E-state index contributed by atoms with van der Waals surface area (Å²) < 4.78 is 1.15. The molecule has 64 valence electrons. The first kappa shape index (κ1) is 9.51. The number of aliphatic carboxylic acids is 1. The van der Waals surface area contributed by atoms with Gasteiger partial charge in [-0.05, 0) is 46.7 Å². The van der Waals surface area contributed by atoms with Crippen molar-refractivity contribution in [2.24, 2.45) is 0 Å². The molecular weight excluding hydrogens is 267 g/mol. The van der Waals surface area contributed by atoms with Crippen molar-refractivity contribution in [3.05, 3.63) is 33.4 Å². The van der Waals surface area contributed by atoms with Crippen LogP contribution in [0.15, 0.2) is 24.3 Å². The van der Waals surface area contributed by atoms with Gasteiger partial charge in [0.2, 0.25) is 0 Å². The maximum absolute atomic E-state index is 10.3. The molecular formula is C9H9IO2. The molecule has 1 aromatic rings. The molecule has 0 spiro atoms.